The van der Waals surface area contributed by atoms with Crippen LogP contribution in [0.5, 0.6) is 5.75 Å². The summed E-state index contributed by atoms with van der Waals surface area (Å²) in [6, 6.07) is 16.6. The second-order valence-electron chi connectivity index (χ2n) is 5.97. The number of carbonyl (C=O) groups excluding carboxylic acids is 2. The molecule has 0 spiro atoms. The van der Waals surface area contributed by atoms with Crippen LogP contribution in [-0.4, -0.2) is 25.0 Å². The molecule has 0 aliphatic carbocycles. The number of hydrogen-bond acceptors (Lipinski definition) is 3. The number of carbonyl (C=O) groups is 2. The Bertz CT molecular complexity index is 701. The molecular formula is C21H26N2O3. The fraction of sp³-hybridized carbons (Fsp3) is 0.333. The summed E-state index contributed by atoms with van der Waals surface area (Å²) in [5.74, 6) is 0.499. The van der Waals surface area contributed by atoms with Gasteiger partial charge in [-0.2, -0.15) is 0 Å². The molecule has 2 aromatic rings. The van der Waals surface area contributed by atoms with Crippen molar-refractivity contribution in [3.05, 3.63) is 60.2 Å². The fourth-order valence-corrected chi connectivity index (χ4v) is 2.42. The van der Waals surface area contributed by atoms with E-state index in [4.69, 9.17) is 4.74 Å². The first kappa shape index (κ1) is 19.5. The zero-order valence-electron chi connectivity index (χ0n) is 15.2. The number of amides is 2. The lowest BCUT2D eigenvalue weighted by Gasteiger charge is -2.11. The van der Waals surface area contributed by atoms with Crippen molar-refractivity contribution in [2.75, 3.05) is 18.5 Å². The Kier molecular flexibility index (Phi) is 8.19. The van der Waals surface area contributed by atoms with Crippen LogP contribution in [0.2, 0.25) is 0 Å². The quantitative estimate of drug-likeness (QED) is 0.633. The van der Waals surface area contributed by atoms with Gasteiger partial charge in [0, 0.05) is 13.0 Å². The van der Waals surface area contributed by atoms with Crippen molar-refractivity contribution in [2.45, 2.75) is 32.6 Å². The van der Waals surface area contributed by atoms with E-state index < -0.39 is 0 Å². The van der Waals surface area contributed by atoms with E-state index in [-0.39, 0.29) is 11.8 Å². The van der Waals surface area contributed by atoms with Crippen molar-refractivity contribution in [3.8, 4) is 5.75 Å². The van der Waals surface area contributed by atoms with Gasteiger partial charge in [-0.1, -0.05) is 43.7 Å². The molecule has 0 aliphatic rings. The van der Waals surface area contributed by atoms with E-state index in [0.29, 0.717) is 37.2 Å². The predicted octanol–water partition coefficient (Wildman–Crippen LogP) is 4.01. The van der Waals surface area contributed by atoms with Crippen LogP contribution < -0.4 is 15.4 Å². The maximum Gasteiger partial charge on any atom is 0.253 e. The second-order valence-corrected chi connectivity index (χ2v) is 5.97. The van der Waals surface area contributed by atoms with E-state index in [1.165, 1.54) is 0 Å². The van der Waals surface area contributed by atoms with E-state index in [2.05, 4.69) is 17.6 Å². The number of benzene rings is 2. The number of hydrogen-bond donors (Lipinski definition) is 2. The maximum atomic E-state index is 12.3. The third kappa shape index (κ3) is 6.59. The lowest BCUT2D eigenvalue weighted by molar-refractivity contribution is -0.116. The van der Waals surface area contributed by atoms with Gasteiger partial charge < -0.3 is 15.4 Å². The summed E-state index contributed by atoms with van der Waals surface area (Å²) in [6.45, 7) is 3.17. The Morgan fingerprint density at radius 2 is 1.69 bits per heavy atom. The molecule has 0 heterocycles. The zero-order valence-corrected chi connectivity index (χ0v) is 15.2. The highest BCUT2D eigenvalue weighted by Crippen LogP contribution is 2.16. The number of para-hydroxylation sites is 2. The SMILES string of the molecule is CCCCNC(=O)c1ccccc1NC(=O)CCCOc1ccccc1. The molecule has 0 fully saturated rings. The van der Waals surface area contributed by atoms with E-state index in [1.807, 2.05) is 30.3 Å². The molecule has 0 saturated heterocycles. The summed E-state index contributed by atoms with van der Waals surface area (Å²) in [6.07, 6.45) is 2.88. The Morgan fingerprint density at radius 1 is 0.962 bits per heavy atom. The van der Waals surface area contributed by atoms with Gasteiger partial charge in [0.2, 0.25) is 5.91 Å². The molecule has 2 rings (SSSR count). The summed E-state index contributed by atoms with van der Waals surface area (Å²) >= 11 is 0. The fourth-order valence-electron chi connectivity index (χ4n) is 2.42. The van der Waals surface area contributed by atoms with Crippen molar-refractivity contribution < 1.29 is 14.3 Å². The van der Waals surface area contributed by atoms with E-state index in [9.17, 15) is 9.59 Å². The monoisotopic (exact) mass is 354 g/mol. The Labute approximate surface area is 154 Å². The van der Waals surface area contributed by atoms with Crippen molar-refractivity contribution in [3.63, 3.8) is 0 Å². The van der Waals surface area contributed by atoms with Gasteiger partial charge in [-0.3, -0.25) is 9.59 Å². The predicted molar refractivity (Wildman–Crippen MR) is 103 cm³/mol. The molecule has 5 heteroatoms. The van der Waals surface area contributed by atoms with Crippen molar-refractivity contribution >= 4 is 17.5 Å². The van der Waals surface area contributed by atoms with E-state index in [0.717, 1.165) is 18.6 Å². The van der Waals surface area contributed by atoms with Crippen LogP contribution in [0.4, 0.5) is 5.69 Å². The van der Waals surface area contributed by atoms with Gasteiger partial charge in [-0.15, -0.1) is 0 Å². The first-order valence-electron chi connectivity index (χ1n) is 9.05. The molecule has 0 unspecified atom stereocenters. The van der Waals surface area contributed by atoms with E-state index >= 15 is 0 Å². The molecule has 0 radical (unpaired) electrons. The molecule has 5 nitrogen and oxygen atoms in total. The molecule has 26 heavy (non-hydrogen) atoms. The van der Waals surface area contributed by atoms with Gasteiger partial charge >= 0.3 is 0 Å². The minimum atomic E-state index is -0.165. The van der Waals surface area contributed by atoms with Gasteiger partial charge in [-0.05, 0) is 37.1 Å². The molecule has 0 aliphatic heterocycles. The lowest BCUT2D eigenvalue weighted by Crippen LogP contribution is -2.26. The number of rotatable bonds is 10. The van der Waals surface area contributed by atoms with Gasteiger partial charge in [0.05, 0.1) is 17.9 Å². The van der Waals surface area contributed by atoms with E-state index in [1.54, 1.807) is 24.3 Å². The lowest BCUT2D eigenvalue weighted by atomic mass is 10.1. The molecule has 138 valence electrons. The van der Waals surface area contributed by atoms with Crippen LogP contribution >= 0.6 is 0 Å². The van der Waals surface area contributed by atoms with Gasteiger partial charge in [0.15, 0.2) is 0 Å². The highest BCUT2D eigenvalue weighted by Gasteiger charge is 2.12. The first-order valence-corrected chi connectivity index (χ1v) is 9.05. The first-order chi connectivity index (χ1) is 12.7. The normalized spacial score (nSPS) is 10.2. The molecule has 0 bridgehead atoms. The summed E-state index contributed by atoms with van der Waals surface area (Å²) < 4.78 is 5.58. The van der Waals surface area contributed by atoms with Gasteiger partial charge in [0.25, 0.3) is 5.91 Å². The van der Waals surface area contributed by atoms with Crippen LogP contribution in [-0.2, 0) is 4.79 Å². The smallest absolute Gasteiger partial charge is 0.253 e. The molecule has 0 saturated carbocycles. The van der Waals surface area contributed by atoms with Crippen molar-refractivity contribution in [1.82, 2.24) is 5.32 Å². The summed E-state index contributed by atoms with van der Waals surface area (Å²) in [4.78, 5) is 24.4. The summed E-state index contributed by atoms with van der Waals surface area (Å²) in [5.41, 5.74) is 1.02. The van der Waals surface area contributed by atoms with Crippen molar-refractivity contribution in [2.24, 2.45) is 0 Å². The minimum absolute atomic E-state index is 0.129. The highest BCUT2D eigenvalue weighted by molar-refractivity contribution is 6.03. The third-order valence-corrected chi connectivity index (χ3v) is 3.82. The topological polar surface area (TPSA) is 67.4 Å². The molecule has 2 amide bonds. The van der Waals surface area contributed by atoms with Crippen LogP contribution in [0.1, 0.15) is 43.0 Å². The van der Waals surface area contributed by atoms with Crippen molar-refractivity contribution in [1.29, 1.82) is 0 Å². The molecular weight excluding hydrogens is 328 g/mol. The average molecular weight is 354 g/mol. The second kappa shape index (κ2) is 10.9. The average Bonchev–Trinajstić information content (AvgIpc) is 2.66. The van der Waals surface area contributed by atoms with Crippen LogP contribution in [0.25, 0.3) is 0 Å². The number of ether oxygens (including phenoxy) is 1. The summed E-state index contributed by atoms with van der Waals surface area (Å²) in [5, 5.41) is 5.70. The Morgan fingerprint density at radius 3 is 2.46 bits per heavy atom. The number of anilines is 1. The third-order valence-electron chi connectivity index (χ3n) is 3.82. The van der Waals surface area contributed by atoms with Gasteiger partial charge in [0.1, 0.15) is 5.75 Å². The number of unbranched alkanes of at least 4 members (excludes halogenated alkanes) is 1. The highest BCUT2D eigenvalue weighted by atomic mass is 16.5. The van der Waals surface area contributed by atoms with Crippen LogP contribution in [0.15, 0.2) is 54.6 Å². The van der Waals surface area contributed by atoms with Gasteiger partial charge in [-0.25, -0.2) is 0 Å². The number of nitrogens with one attached hydrogen (secondary N) is 2. The summed E-state index contributed by atoms with van der Waals surface area (Å²) in [7, 11) is 0. The van der Waals surface area contributed by atoms with Crippen LogP contribution in [0, 0.1) is 0 Å². The standard InChI is InChI=1S/C21H26N2O3/c1-2-3-15-22-21(25)18-12-7-8-13-19(18)23-20(24)14-9-16-26-17-10-5-4-6-11-17/h4-8,10-13H,2-3,9,14-16H2,1H3,(H,22,25)(H,23,24). The zero-order chi connectivity index (χ0) is 18.6. The molecule has 2 aromatic carbocycles. The molecule has 0 aromatic heterocycles. The maximum absolute atomic E-state index is 12.3. The Hall–Kier alpha value is -2.82. The largest absolute Gasteiger partial charge is 0.494 e. The Balaban J connectivity index is 1.80. The van der Waals surface area contributed by atoms with Crippen LogP contribution in [0.3, 0.4) is 0 Å². The molecule has 0 atom stereocenters. The molecule has 2 N–H and O–H groups in total. The minimum Gasteiger partial charge on any atom is -0.494 e.